The average Bonchev–Trinajstić information content (AvgIpc) is 3.96. The highest BCUT2D eigenvalue weighted by atomic mass is 79.9. The first-order chi connectivity index (χ1) is 33.1. The molecule has 8 rings (SSSR count). The molecule has 0 spiro atoms. The first-order valence-corrected chi connectivity index (χ1v) is 22.7. The number of nitrogens with one attached hydrogen (secondary N) is 2. The van der Waals surface area contributed by atoms with Gasteiger partial charge in [0, 0.05) is 20.5 Å². The Kier molecular flexibility index (Phi) is 18.9. The summed E-state index contributed by atoms with van der Waals surface area (Å²) in [7, 11) is 6.19. The van der Waals surface area contributed by atoms with Crippen molar-refractivity contribution >= 4 is 89.6 Å². The van der Waals surface area contributed by atoms with E-state index in [2.05, 4.69) is 62.4 Å². The molecule has 5 aromatic heterocycles. The fourth-order valence-corrected chi connectivity index (χ4v) is 7.63. The zero-order chi connectivity index (χ0) is 49.9. The van der Waals surface area contributed by atoms with Gasteiger partial charge in [0.05, 0.1) is 45.2 Å². The Bertz CT molecular complexity index is 3300. The van der Waals surface area contributed by atoms with Crippen LogP contribution in [0.3, 0.4) is 0 Å². The molecule has 0 saturated heterocycles. The summed E-state index contributed by atoms with van der Waals surface area (Å²) in [6.45, 7) is -0.864. The lowest BCUT2D eigenvalue weighted by Gasteiger charge is -2.11. The number of benzene rings is 2. The minimum absolute atomic E-state index is 0. The van der Waals surface area contributed by atoms with Gasteiger partial charge in [0.2, 0.25) is 11.8 Å². The zero-order valence-corrected chi connectivity index (χ0v) is 41.3. The van der Waals surface area contributed by atoms with Crippen LogP contribution in [0.5, 0.6) is 11.5 Å². The minimum atomic E-state index is -0.616. The van der Waals surface area contributed by atoms with Crippen molar-refractivity contribution in [2.24, 2.45) is 19.1 Å². The van der Waals surface area contributed by atoms with Crippen molar-refractivity contribution < 1.29 is 29.3 Å². The summed E-state index contributed by atoms with van der Waals surface area (Å²) in [5.74, 6) is 1.80. The number of amides is 2. The number of methoxy groups -OCH3 is 2. The quantitative estimate of drug-likeness (QED) is 0.0937. The average molecular weight is 1110 g/mol. The second kappa shape index (κ2) is 24.5. The highest BCUT2D eigenvalue weighted by molar-refractivity contribution is 9.10. The normalized spacial score (nSPS) is 11.2. The molecular weight excluding hydrogens is 1060 g/mol. The molecule has 4 N–H and O–H groups in total. The van der Waals surface area contributed by atoms with Crippen LogP contribution in [-0.4, -0.2) is 92.2 Å². The second-order valence-electron chi connectivity index (χ2n) is 14.8. The van der Waals surface area contributed by atoms with E-state index >= 15 is 0 Å². The van der Waals surface area contributed by atoms with Gasteiger partial charge < -0.3 is 34.9 Å². The number of hydrogen-bond donors (Lipinski definition) is 4. The molecule has 0 radical (unpaired) electrons. The van der Waals surface area contributed by atoms with Crippen molar-refractivity contribution in [2.45, 2.75) is 40.1 Å². The molecule has 6 heterocycles. The minimum Gasteiger partial charge on any atom is -0.497 e. The molecule has 0 saturated carbocycles. The molecule has 1 aliphatic rings. The van der Waals surface area contributed by atoms with Gasteiger partial charge in [-0.3, -0.25) is 37.4 Å². The van der Waals surface area contributed by atoms with Crippen molar-refractivity contribution in [1.82, 2.24) is 37.8 Å². The maximum absolute atomic E-state index is 13.4. The summed E-state index contributed by atoms with van der Waals surface area (Å²) in [5.41, 5.74) is 0.644. The fourth-order valence-electron chi connectivity index (χ4n) is 6.87. The van der Waals surface area contributed by atoms with E-state index in [1.165, 1.54) is 25.3 Å². The van der Waals surface area contributed by atoms with Crippen LogP contribution in [0.4, 0.5) is 17.5 Å². The number of halogens is 3. The first kappa shape index (κ1) is 53.9. The van der Waals surface area contributed by atoms with E-state index in [0.717, 1.165) is 10.1 Å². The van der Waals surface area contributed by atoms with Crippen molar-refractivity contribution in [3.8, 4) is 11.5 Å². The molecule has 21 nitrogen and oxygen atoms in total. The number of hydrogen-bond acceptors (Lipinski definition) is 14. The Balaban J connectivity index is 0.000000218. The number of aliphatic hydroxyl groups excluding tert-OH is 2. The number of aliphatic imine (C=N–C) groups is 1. The molecular formula is C46H48Br2ClN11O10. The Labute approximate surface area is 420 Å². The van der Waals surface area contributed by atoms with Crippen LogP contribution < -0.4 is 42.6 Å². The fraction of sp³-hybridized carbons (Fsp3) is 0.261. The highest BCUT2D eigenvalue weighted by Crippen LogP contribution is 2.22. The number of rotatable bonds is 13. The monoisotopic (exact) mass is 1110 g/mol. The van der Waals surface area contributed by atoms with E-state index in [1.54, 1.807) is 94.1 Å². The number of aryl methyl sites for hydroxylation is 1. The molecule has 0 atom stereocenters. The lowest BCUT2D eigenvalue weighted by atomic mass is 10.2. The molecule has 70 heavy (non-hydrogen) atoms. The Morgan fingerprint density at radius 3 is 1.66 bits per heavy atom. The number of aromatic nitrogens is 8. The highest BCUT2D eigenvalue weighted by Gasteiger charge is 2.24. The Morgan fingerprint density at radius 2 is 1.19 bits per heavy atom. The SMILES string of the molecule is C.COc1ccc(Cn2c(=O)c3c(n(C)c2=O)N=C(CO)C3)cc1.COc1ccc(Cn2c(=O)c3c(nc(CO)n3CC(=O)Nc3cccc(Br)n3)n(C)c2=O)cc1.O=C(CCl)Nc1cccc(Br)n1. The van der Waals surface area contributed by atoms with Crippen LogP contribution in [0, 0.1) is 0 Å². The molecule has 2 amide bonds. The molecule has 24 heteroatoms. The van der Waals surface area contributed by atoms with E-state index in [4.69, 9.17) is 21.1 Å². The van der Waals surface area contributed by atoms with Crippen molar-refractivity contribution in [1.29, 1.82) is 0 Å². The molecule has 2 aromatic carbocycles. The maximum atomic E-state index is 13.4. The van der Waals surface area contributed by atoms with Crippen molar-refractivity contribution in [3.63, 3.8) is 0 Å². The van der Waals surface area contributed by atoms with Crippen LogP contribution in [0.15, 0.2) is 118 Å². The maximum Gasteiger partial charge on any atom is 0.332 e. The summed E-state index contributed by atoms with van der Waals surface area (Å²) in [6, 6.07) is 24.5. The third kappa shape index (κ3) is 12.8. The van der Waals surface area contributed by atoms with Gasteiger partial charge in [-0.1, -0.05) is 43.8 Å². The molecule has 0 bridgehead atoms. The van der Waals surface area contributed by atoms with Gasteiger partial charge in [0.15, 0.2) is 11.2 Å². The molecule has 0 aliphatic carbocycles. The number of anilines is 2. The van der Waals surface area contributed by atoms with Gasteiger partial charge in [-0.25, -0.2) is 29.5 Å². The van der Waals surface area contributed by atoms with E-state index < -0.39 is 29.5 Å². The van der Waals surface area contributed by atoms with Crippen LogP contribution in [0.1, 0.15) is 29.9 Å². The van der Waals surface area contributed by atoms with Gasteiger partial charge in [0.1, 0.15) is 63.0 Å². The Hall–Kier alpha value is -7.05. The lowest BCUT2D eigenvalue weighted by molar-refractivity contribution is -0.117. The van der Waals surface area contributed by atoms with Gasteiger partial charge in [-0.05, 0) is 91.5 Å². The largest absolute Gasteiger partial charge is 0.497 e. The van der Waals surface area contributed by atoms with Gasteiger partial charge >= 0.3 is 11.4 Å². The molecule has 7 aromatic rings. The van der Waals surface area contributed by atoms with Gasteiger partial charge in [-0.15, -0.1) is 11.6 Å². The van der Waals surface area contributed by atoms with E-state index in [-0.39, 0.29) is 74.4 Å². The number of imidazole rings is 1. The first-order valence-electron chi connectivity index (χ1n) is 20.6. The van der Waals surface area contributed by atoms with Crippen molar-refractivity contribution in [3.05, 3.63) is 158 Å². The standard InChI is InChI=1S/C22H21BrN6O5.C16H17N3O4.C7H6BrClN2O.CH4/c1-27-20-19(21(32)29(22(27)33)10-13-6-8-14(34-2)9-7-13)28(17(12-30)26-20)11-18(31)25-16-5-3-4-15(23)24-16;1-18-14-13(7-11(9-20)17-14)15(21)19(16(18)22)8-10-3-5-12(23-2)6-4-10;8-5-2-1-3-6(10-5)11-7(12)4-9;/h3-9,30H,10-12H2,1-2H3,(H,24,25,31);3-6,20H,7-9H2,1-2H3;1-3H,4H2,(H,10,11,12);1H4. The lowest BCUT2D eigenvalue weighted by Crippen LogP contribution is -2.40. The Morgan fingerprint density at radius 1 is 0.686 bits per heavy atom. The van der Waals surface area contributed by atoms with Crippen LogP contribution in [0.25, 0.3) is 11.2 Å². The van der Waals surface area contributed by atoms with Gasteiger partial charge in [0.25, 0.3) is 11.1 Å². The summed E-state index contributed by atoms with van der Waals surface area (Å²) < 4.78 is 17.6. The molecule has 368 valence electrons. The zero-order valence-electron chi connectivity index (χ0n) is 37.4. The third-order valence-electron chi connectivity index (χ3n) is 10.3. The predicted molar refractivity (Wildman–Crippen MR) is 272 cm³/mol. The van der Waals surface area contributed by atoms with Crippen LogP contribution >= 0.6 is 43.5 Å². The van der Waals surface area contributed by atoms with E-state index in [0.29, 0.717) is 55.0 Å². The number of ether oxygens (including phenoxy) is 2. The number of nitrogens with zero attached hydrogens (tertiary/aromatic N) is 9. The van der Waals surface area contributed by atoms with Crippen LogP contribution in [0.2, 0.25) is 0 Å². The summed E-state index contributed by atoms with van der Waals surface area (Å²) in [5, 5.41) is 24.2. The number of carbonyl (C=O) groups is 2. The van der Waals surface area contributed by atoms with Crippen LogP contribution in [-0.2, 0) is 56.3 Å². The topological polar surface area (TPSA) is 261 Å². The van der Waals surface area contributed by atoms with Gasteiger partial charge in [-0.2, -0.15) is 0 Å². The third-order valence-corrected chi connectivity index (χ3v) is 11.4. The van der Waals surface area contributed by atoms with E-state index in [1.807, 2.05) is 12.1 Å². The number of aliphatic hydroxyl groups is 2. The smallest absolute Gasteiger partial charge is 0.332 e. The predicted octanol–water partition coefficient (Wildman–Crippen LogP) is 4.12. The molecule has 1 aliphatic heterocycles. The molecule has 0 unspecified atom stereocenters. The van der Waals surface area contributed by atoms with Crippen molar-refractivity contribution in [2.75, 3.05) is 37.3 Å². The molecule has 0 fully saturated rings. The second-order valence-corrected chi connectivity index (χ2v) is 16.7. The van der Waals surface area contributed by atoms with E-state index in [9.17, 15) is 39.0 Å². The summed E-state index contributed by atoms with van der Waals surface area (Å²) in [6.07, 6.45) is 0.279. The number of carbonyl (C=O) groups excluding carboxylic acids is 2. The number of pyridine rings is 2. The number of alkyl halides is 1. The summed E-state index contributed by atoms with van der Waals surface area (Å²) >= 11 is 11.7. The number of fused-ring (bicyclic) bond motifs is 2. The summed E-state index contributed by atoms with van der Waals surface area (Å²) in [4.78, 5) is 91.4.